The van der Waals surface area contributed by atoms with Gasteiger partial charge in [0.2, 0.25) is 0 Å². The topological polar surface area (TPSA) is 35.0 Å². The van der Waals surface area contributed by atoms with Crippen molar-refractivity contribution in [2.24, 2.45) is 0 Å². The SMILES string of the molecule is c1ccc(-c2ccc(OCCCCSc3ncccn3)cc2)cc1. The van der Waals surface area contributed by atoms with Gasteiger partial charge >= 0.3 is 0 Å². The lowest BCUT2D eigenvalue weighted by Gasteiger charge is -2.07. The minimum absolute atomic E-state index is 0.737. The molecule has 0 atom stereocenters. The van der Waals surface area contributed by atoms with E-state index < -0.39 is 0 Å². The first kappa shape index (κ1) is 16.5. The molecule has 3 rings (SSSR count). The average molecular weight is 336 g/mol. The van der Waals surface area contributed by atoms with Gasteiger partial charge in [-0.3, -0.25) is 0 Å². The smallest absolute Gasteiger partial charge is 0.187 e. The van der Waals surface area contributed by atoms with Crippen LogP contribution in [-0.4, -0.2) is 22.3 Å². The van der Waals surface area contributed by atoms with Crippen molar-refractivity contribution < 1.29 is 4.74 Å². The van der Waals surface area contributed by atoms with Crippen LogP contribution >= 0.6 is 11.8 Å². The second kappa shape index (κ2) is 9.08. The van der Waals surface area contributed by atoms with Gasteiger partial charge in [0, 0.05) is 18.1 Å². The molecule has 1 aromatic heterocycles. The summed E-state index contributed by atoms with van der Waals surface area (Å²) in [5, 5.41) is 0.843. The summed E-state index contributed by atoms with van der Waals surface area (Å²) in [7, 11) is 0. The molecule has 1 heterocycles. The molecule has 0 radical (unpaired) electrons. The van der Waals surface area contributed by atoms with Crippen molar-refractivity contribution in [2.45, 2.75) is 18.0 Å². The second-order valence-corrected chi connectivity index (χ2v) is 6.39. The highest BCUT2D eigenvalue weighted by Gasteiger charge is 1.99. The number of thioether (sulfide) groups is 1. The van der Waals surface area contributed by atoms with Gasteiger partial charge in [0.25, 0.3) is 0 Å². The lowest BCUT2D eigenvalue weighted by Crippen LogP contribution is -1.98. The molecule has 0 saturated carbocycles. The van der Waals surface area contributed by atoms with Crippen LogP contribution in [0, 0.1) is 0 Å². The molecule has 3 nitrogen and oxygen atoms in total. The molecule has 4 heteroatoms. The fraction of sp³-hybridized carbons (Fsp3) is 0.200. The number of nitrogens with zero attached hydrogens (tertiary/aromatic N) is 2. The Balaban J connectivity index is 1.36. The van der Waals surface area contributed by atoms with E-state index in [1.165, 1.54) is 11.1 Å². The largest absolute Gasteiger partial charge is 0.494 e. The zero-order chi connectivity index (χ0) is 16.5. The zero-order valence-electron chi connectivity index (χ0n) is 13.5. The molecule has 2 aromatic carbocycles. The molecule has 122 valence electrons. The average Bonchev–Trinajstić information content (AvgIpc) is 2.67. The van der Waals surface area contributed by atoms with Crippen LogP contribution in [0.25, 0.3) is 11.1 Å². The van der Waals surface area contributed by atoms with Crippen LogP contribution in [0.2, 0.25) is 0 Å². The van der Waals surface area contributed by atoms with Crippen LogP contribution < -0.4 is 4.74 Å². The van der Waals surface area contributed by atoms with Crippen LogP contribution in [0.15, 0.2) is 78.2 Å². The van der Waals surface area contributed by atoms with E-state index in [4.69, 9.17) is 4.74 Å². The van der Waals surface area contributed by atoms with Gasteiger partial charge in [0.15, 0.2) is 5.16 Å². The van der Waals surface area contributed by atoms with Crippen molar-refractivity contribution in [3.63, 3.8) is 0 Å². The van der Waals surface area contributed by atoms with Crippen molar-refractivity contribution in [3.05, 3.63) is 73.1 Å². The summed E-state index contributed by atoms with van der Waals surface area (Å²) in [6.45, 7) is 0.737. The summed E-state index contributed by atoms with van der Waals surface area (Å²) in [5.41, 5.74) is 2.44. The van der Waals surface area contributed by atoms with Gasteiger partial charge in [-0.2, -0.15) is 0 Å². The van der Waals surface area contributed by atoms with Crippen LogP contribution in [0.3, 0.4) is 0 Å². The Kier molecular flexibility index (Phi) is 6.26. The summed E-state index contributed by atoms with van der Waals surface area (Å²) in [6.07, 6.45) is 5.67. The maximum absolute atomic E-state index is 5.81. The summed E-state index contributed by atoms with van der Waals surface area (Å²) >= 11 is 1.69. The lowest BCUT2D eigenvalue weighted by atomic mass is 10.1. The fourth-order valence-corrected chi connectivity index (χ4v) is 3.09. The molecule has 0 spiro atoms. The predicted octanol–water partition coefficient (Wildman–Crippen LogP) is 5.09. The highest BCUT2D eigenvalue weighted by molar-refractivity contribution is 7.99. The van der Waals surface area contributed by atoms with Gasteiger partial charge in [-0.15, -0.1) is 0 Å². The predicted molar refractivity (Wildman–Crippen MR) is 99.4 cm³/mol. The number of aromatic nitrogens is 2. The van der Waals surface area contributed by atoms with Crippen molar-refractivity contribution in [2.75, 3.05) is 12.4 Å². The first-order valence-corrected chi connectivity index (χ1v) is 9.08. The minimum atomic E-state index is 0.737. The van der Waals surface area contributed by atoms with Crippen molar-refractivity contribution in [3.8, 4) is 16.9 Å². The molecule has 0 amide bonds. The Hall–Kier alpha value is -2.33. The summed E-state index contributed by atoms with van der Waals surface area (Å²) in [5.74, 6) is 1.94. The maximum Gasteiger partial charge on any atom is 0.187 e. The summed E-state index contributed by atoms with van der Waals surface area (Å²) in [6, 6.07) is 20.5. The van der Waals surface area contributed by atoms with Gasteiger partial charge in [0.1, 0.15) is 5.75 Å². The first-order chi connectivity index (χ1) is 11.9. The molecule has 0 bridgehead atoms. The Morgan fingerprint density at radius 2 is 1.46 bits per heavy atom. The molecular weight excluding hydrogens is 316 g/mol. The Bertz CT molecular complexity index is 718. The molecule has 3 aromatic rings. The molecule has 0 unspecified atom stereocenters. The maximum atomic E-state index is 5.81. The van der Waals surface area contributed by atoms with Gasteiger partial charge < -0.3 is 4.74 Å². The van der Waals surface area contributed by atoms with Crippen LogP contribution in [0.5, 0.6) is 5.75 Å². The molecule has 0 fully saturated rings. The zero-order valence-corrected chi connectivity index (χ0v) is 14.3. The number of unbranched alkanes of at least 4 members (excludes halogenated alkanes) is 1. The Morgan fingerprint density at radius 3 is 2.21 bits per heavy atom. The van der Waals surface area contributed by atoms with E-state index in [1.807, 2.05) is 24.3 Å². The van der Waals surface area contributed by atoms with Gasteiger partial charge in [-0.05, 0) is 42.2 Å². The summed E-state index contributed by atoms with van der Waals surface area (Å²) < 4.78 is 5.81. The third-order valence-electron chi connectivity index (χ3n) is 3.54. The van der Waals surface area contributed by atoms with Gasteiger partial charge in [-0.1, -0.05) is 54.2 Å². The lowest BCUT2D eigenvalue weighted by molar-refractivity contribution is 0.310. The number of hydrogen-bond acceptors (Lipinski definition) is 4. The number of hydrogen-bond donors (Lipinski definition) is 0. The first-order valence-electron chi connectivity index (χ1n) is 8.10. The Labute approximate surface area is 147 Å². The normalized spacial score (nSPS) is 10.5. The van der Waals surface area contributed by atoms with E-state index in [1.54, 1.807) is 24.2 Å². The number of ether oxygens (including phenoxy) is 1. The standard InChI is InChI=1S/C20H20N2OS/c1-2-7-17(8-3-1)18-9-11-19(12-10-18)23-15-4-5-16-24-20-21-13-6-14-22-20/h1-3,6-14H,4-5,15-16H2. The summed E-state index contributed by atoms with van der Waals surface area (Å²) in [4.78, 5) is 8.40. The van der Waals surface area contributed by atoms with E-state index in [9.17, 15) is 0 Å². The molecule has 0 aliphatic rings. The van der Waals surface area contributed by atoms with Crippen molar-refractivity contribution >= 4 is 11.8 Å². The van der Waals surface area contributed by atoms with E-state index in [-0.39, 0.29) is 0 Å². The minimum Gasteiger partial charge on any atom is -0.494 e. The third-order valence-corrected chi connectivity index (χ3v) is 4.50. The molecular formula is C20H20N2OS. The van der Waals surface area contributed by atoms with Crippen LogP contribution in [0.1, 0.15) is 12.8 Å². The molecule has 0 aliphatic carbocycles. The van der Waals surface area contributed by atoms with E-state index in [2.05, 4.69) is 46.4 Å². The number of benzene rings is 2. The second-order valence-electron chi connectivity index (χ2n) is 5.33. The van der Waals surface area contributed by atoms with Gasteiger partial charge in [0.05, 0.1) is 6.61 Å². The van der Waals surface area contributed by atoms with Crippen molar-refractivity contribution in [1.29, 1.82) is 0 Å². The van der Waals surface area contributed by atoms with E-state index in [0.29, 0.717) is 0 Å². The third kappa shape index (κ3) is 5.10. The monoisotopic (exact) mass is 336 g/mol. The van der Waals surface area contributed by atoms with Crippen molar-refractivity contribution in [1.82, 2.24) is 9.97 Å². The molecule has 24 heavy (non-hydrogen) atoms. The van der Waals surface area contributed by atoms with Crippen LogP contribution in [0.4, 0.5) is 0 Å². The highest BCUT2D eigenvalue weighted by atomic mass is 32.2. The number of rotatable bonds is 8. The van der Waals surface area contributed by atoms with Crippen LogP contribution in [-0.2, 0) is 0 Å². The highest BCUT2D eigenvalue weighted by Crippen LogP contribution is 2.22. The Morgan fingerprint density at radius 1 is 0.750 bits per heavy atom. The fourth-order valence-electron chi connectivity index (χ4n) is 2.29. The molecule has 0 aliphatic heterocycles. The van der Waals surface area contributed by atoms with E-state index >= 15 is 0 Å². The molecule has 0 saturated heterocycles. The quantitative estimate of drug-likeness (QED) is 0.326. The van der Waals surface area contributed by atoms with Gasteiger partial charge in [-0.25, -0.2) is 9.97 Å². The van der Waals surface area contributed by atoms with E-state index in [0.717, 1.165) is 36.1 Å². The molecule has 0 N–H and O–H groups in total.